The standard InChI is InChI=1S/C18H36O3/c1-7-16(2,3)18(13-19-5,14-20-6)15-21-17(4)11-9-8-10-12-17/h7-15H2,1-6H3. The number of ether oxygens (including phenoxy) is 3. The molecule has 1 aliphatic rings. The Morgan fingerprint density at radius 3 is 1.86 bits per heavy atom. The van der Waals surface area contributed by atoms with Gasteiger partial charge in [0.05, 0.1) is 25.4 Å². The van der Waals surface area contributed by atoms with Crippen molar-refractivity contribution in [1.82, 2.24) is 0 Å². The molecule has 0 unspecified atom stereocenters. The van der Waals surface area contributed by atoms with Crippen LogP contribution in [-0.4, -0.2) is 39.6 Å². The third-order valence-corrected chi connectivity index (χ3v) is 5.77. The highest BCUT2D eigenvalue weighted by atomic mass is 16.5. The zero-order valence-corrected chi connectivity index (χ0v) is 15.1. The lowest BCUT2D eigenvalue weighted by atomic mass is 9.65. The minimum Gasteiger partial charge on any atom is -0.384 e. The number of hydrogen-bond acceptors (Lipinski definition) is 3. The van der Waals surface area contributed by atoms with Crippen molar-refractivity contribution in [3.63, 3.8) is 0 Å². The molecular weight excluding hydrogens is 264 g/mol. The van der Waals surface area contributed by atoms with Crippen LogP contribution in [-0.2, 0) is 14.2 Å². The van der Waals surface area contributed by atoms with Crippen molar-refractivity contribution in [2.75, 3.05) is 34.0 Å². The van der Waals surface area contributed by atoms with Crippen LogP contribution in [0.4, 0.5) is 0 Å². The van der Waals surface area contributed by atoms with Crippen molar-refractivity contribution < 1.29 is 14.2 Å². The van der Waals surface area contributed by atoms with Crippen molar-refractivity contribution in [3.05, 3.63) is 0 Å². The average Bonchev–Trinajstić information content (AvgIpc) is 2.46. The SMILES string of the molecule is CCC(C)(C)C(COC)(COC)COC1(C)CCCCC1. The second-order valence-corrected chi connectivity index (χ2v) is 7.68. The van der Waals surface area contributed by atoms with Gasteiger partial charge in [-0.15, -0.1) is 0 Å². The summed E-state index contributed by atoms with van der Waals surface area (Å²) in [6, 6.07) is 0. The monoisotopic (exact) mass is 300 g/mol. The molecule has 0 N–H and O–H groups in total. The van der Waals surface area contributed by atoms with Crippen molar-refractivity contribution in [2.45, 2.75) is 71.8 Å². The summed E-state index contributed by atoms with van der Waals surface area (Å²) in [4.78, 5) is 0. The Labute approximate surface area is 131 Å². The fraction of sp³-hybridized carbons (Fsp3) is 1.00. The predicted octanol–water partition coefficient (Wildman–Crippen LogP) is 4.44. The lowest BCUT2D eigenvalue weighted by molar-refractivity contribution is -0.160. The minimum absolute atomic E-state index is 0.0365. The van der Waals surface area contributed by atoms with E-state index in [0.717, 1.165) is 6.42 Å². The summed E-state index contributed by atoms with van der Waals surface area (Å²) in [6.07, 6.45) is 7.36. The molecule has 0 aromatic heterocycles. The molecule has 1 aliphatic carbocycles. The molecule has 0 aliphatic heterocycles. The number of hydrogen-bond donors (Lipinski definition) is 0. The fourth-order valence-corrected chi connectivity index (χ4v) is 3.40. The third kappa shape index (κ3) is 4.67. The van der Waals surface area contributed by atoms with Gasteiger partial charge in [0, 0.05) is 19.6 Å². The predicted molar refractivity (Wildman–Crippen MR) is 87.7 cm³/mol. The summed E-state index contributed by atoms with van der Waals surface area (Å²) < 4.78 is 17.6. The lowest BCUT2D eigenvalue weighted by Gasteiger charge is -2.47. The fourth-order valence-electron chi connectivity index (χ4n) is 3.40. The van der Waals surface area contributed by atoms with Crippen LogP contribution in [0.5, 0.6) is 0 Å². The van der Waals surface area contributed by atoms with Gasteiger partial charge in [0.25, 0.3) is 0 Å². The molecule has 21 heavy (non-hydrogen) atoms. The Morgan fingerprint density at radius 2 is 1.43 bits per heavy atom. The summed E-state index contributed by atoms with van der Waals surface area (Å²) in [5.41, 5.74) is 0.0601. The summed E-state index contributed by atoms with van der Waals surface area (Å²) >= 11 is 0. The van der Waals surface area contributed by atoms with Gasteiger partial charge in [-0.3, -0.25) is 0 Å². The first kappa shape index (κ1) is 18.9. The van der Waals surface area contributed by atoms with Crippen molar-refractivity contribution in [1.29, 1.82) is 0 Å². The van der Waals surface area contributed by atoms with Crippen LogP contribution >= 0.6 is 0 Å². The van der Waals surface area contributed by atoms with Crippen LogP contribution in [0.2, 0.25) is 0 Å². The van der Waals surface area contributed by atoms with Gasteiger partial charge in [-0.25, -0.2) is 0 Å². The molecule has 126 valence electrons. The molecule has 0 aromatic rings. The van der Waals surface area contributed by atoms with Crippen LogP contribution in [0, 0.1) is 10.8 Å². The van der Waals surface area contributed by atoms with Gasteiger partial charge in [0.15, 0.2) is 0 Å². The second-order valence-electron chi connectivity index (χ2n) is 7.68. The third-order valence-electron chi connectivity index (χ3n) is 5.77. The van der Waals surface area contributed by atoms with Gasteiger partial charge in [0.2, 0.25) is 0 Å². The molecule has 0 amide bonds. The summed E-state index contributed by atoms with van der Waals surface area (Å²) in [5.74, 6) is 0. The second kappa shape index (κ2) is 7.94. The molecule has 0 atom stereocenters. The molecule has 1 fully saturated rings. The van der Waals surface area contributed by atoms with E-state index in [1.165, 1.54) is 32.1 Å². The van der Waals surface area contributed by atoms with E-state index in [4.69, 9.17) is 14.2 Å². The van der Waals surface area contributed by atoms with Crippen molar-refractivity contribution >= 4 is 0 Å². The van der Waals surface area contributed by atoms with E-state index in [0.29, 0.717) is 19.8 Å². The first-order valence-electron chi connectivity index (χ1n) is 8.47. The zero-order chi connectivity index (χ0) is 16.0. The molecule has 0 aromatic carbocycles. The summed E-state index contributed by atoms with van der Waals surface area (Å²) in [7, 11) is 3.55. The van der Waals surface area contributed by atoms with Gasteiger partial charge in [-0.05, 0) is 25.2 Å². The normalized spacial score (nSPS) is 19.7. The summed E-state index contributed by atoms with van der Waals surface area (Å²) in [6.45, 7) is 11.2. The van der Waals surface area contributed by atoms with E-state index in [2.05, 4.69) is 27.7 Å². The largest absolute Gasteiger partial charge is 0.384 e. The lowest BCUT2D eigenvalue weighted by Crippen LogP contribution is -2.50. The van der Waals surface area contributed by atoms with Crippen LogP contribution in [0.3, 0.4) is 0 Å². The topological polar surface area (TPSA) is 27.7 Å². The average molecular weight is 300 g/mol. The molecule has 3 heteroatoms. The van der Waals surface area contributed by atoms with Gasteiger partial charge >= 0.3 is 0 Å². The van der Waals surface area contributed by atoms with E-state index in [1.807, 2.05) is 0 Å². The van der Waals surface area contributed by atoms with Gasteiger partial charge in [-0.2, -0.15) is 0 Å². The maximum Gasteiger partial charge on any atom is 0.0654 e. The van der Waals surface area contributed by atoms with E-state index in [-0.39, 0.29) is 16.4 Å². The Bertz CT molecular complexity index is 287. The molecule has 3 nitrogen and oxygen atoms in total. The molecular formula is C18H36O3. The highest BCUT2D eigenvalue weighted by molar-refractivity contribution is 4.94. The van der Waals surface area contributed by atoms with Crippen LogP contribution < -0.4 is 0 Å². The molecule has 1 rings (SSSR count). The molecule has 0 bridgehead atoms. The molecule has 0 radical (unpaired) electrons. The highest BCUT2D eigenvalue weighted by Crippen LogP contribution is 2.44. The van der Waals surface area contributed by atoms with Crippen LogP contribution in [0.15, 0.2) is 0 Å². The summed E-state index contributed by atoms with van der Waals surface area (Å²) in [5, 5.41) is 0. The van der Waals surface area contributed by atoms with E-state index >= 15 is 0 Å². The van der Waals surface area contributed by atoms with E-state index in [9.17, 15) is 0 Å². The van der Waals surface area contributed by atoms with Crippen LogP contribution in [0.25, 0.3) is 0 Å². The Morgan fingerprint density at radius 1 is 0.905 bits per heavy atom. The quantitative estimate of drug-likeness (QED) is 0.630. The Hall–Kier alpha value is -0.120. The van der Waals surface area contributed by atoms with Gasteiger partial charge < -0.3 is 14.2 Å². The van der Waals surface area contributed by atoms with E-state index in [1.54, 1.807) is 14.2 Å². The number of rotatable bonds is 9. The van der Waals surface area contributed by atoms with Crippen molar-refractivity contribution in [2.24, 2.45) is 10.8 Å². The molecule has 0 spiro atoms. The zero-order valence-electron chi connectivity index (χ0n) is 15.1. The minimum atomic E-state index is -0.0916. The molecule has 0 saturated heterocycles. The Kier molecular flexibility index (Phi) is 7.15. The molecule has 0 heterocycles. The van der Waals surface area contributed by atoms with Gasteiger partial charge in [-0.1, -0.05) is 46.5 Å². The highest BCUT2D eigenvalue weighted by Gasteiger charge is 2.46. The first-order chi connectivity index (χ1) is 9.85. The Balaban J connectivity index is 2.84. The number of methoxy groups -OCH3 is 2. The maximum atomic E-state index is 6.47. The first-order valence-corrected chi connectivity index (χ1v) is 8.47. The van der Waals surface area contributed by atoms with Crippen LogP contribution in [0.1, 0.15) is 66.2 Å². The maximum absolute atomic E-state index is 6.47. The molecule has 1 saturated carbocycles. The van der Waals surface area contributed by atoms with Crippen molar-refractivity contribution in [3.8, 4) is 0 Å². The van der Waals surface area contributed by atoms with Gasteiger partial charge in [0.1, 0.15) is 0 Å². The van der Waals surface area contributed by atoms with E-state index < -0.39 is 0 Å². The smallest absolute Gasteiger partial charge is 0.0654 e.